The molecule has 0 saturated carbocycles. The molecule has 8 heteroatoms. The van der Waals surface area contributed by atoms with E-state index in [0.29, 0.717) is 28.2 Å². The second-order valence-electron chi connectivity index (χ2n) is 7.06. The van der Waals surface area contributed by atoms with Crippen LogP contribution in [0.2, 0.25) is 5.02 Å². The third-order valence-corrected chi connectivity index (χ3v) is 6.66. The minimum atomic E-state index is -0.141. The Morgan fingerprint density at radius 2 is 1.87 bits per heavy atom. The molecule has 0 bridgehead atoms. The Kier molecular flexibility index (Phi) is 8.12. The predicted molar refractivity (Wildman–Crippen MR) is 128 cm³/mol. The molecule has 1 amide bonds. The number of hydrogen-bond donors (Lipinski definition) is 0. The van der Waals surface area contributed by atoms with Crippen LogP contribution in [0, 0.1) is 6.92 Å². The lowest BCUT2D eigenvalue weighted by Gasteiger charge is -2.24. The molecule has 3 rings (SSSR count). The Balaban J connectivity index is 1.83. The van der Waals surface area contributed by atoms with Gasteiger partial charge in [0.2, 0.25) is 0 Å². The number of ether oxygens (including phenoxy) is 2. The first kappa shape index (κ1) is 23.3. The van der Waals surface area contributed by atoms with Gasteiger partial charge in [0.15, 0.2) is 11.7 Å². The molecule has 0 aliphatic carbocycles. The number of anilines is 1. The van der Waals surface area contributed by atoms with Crippen molar-refractivity contribution < 1.29 is 14.3 Å². The summed E-state index contributed by atoms with van der Waals surface area (Å²) in [5, 5.41) is 1.33. The SMILES string of the molecule is CCN(CC)CCN(C(=O)COc1cccc(OC)c1)c1nc2c(C)c(Cl)ccc2s1. The normalized spacial score (nSPS) is 11.2. The summed E-state index contributed by atoms with van der Waals surface area (Å²) in [6.45, 7) is 9.24. The third-order valence-electron chi connectivity index (χ3n) is 5.21. The molecular weight excluding hydrogens is 434 g/mol. The first-order valence-electron chi connectivity index (χ1n) is 10.3. The third kappa shape index (κ3) is 5.67. The summed E-state index contributed by atoms with van der Waals surface area (Å²) in [4.78, 5) is 21.9. The van der Waals surface area contributed by atoms with Gasteiger partial charge in [-0.1, -0.05) is 42.9 Å². The molecule has 0 radical (unpaired) electrons. The zero-order valence-corrected chi connectivity index (χ0v) is 19.9. The highest BCUT2D eigenvalue weighted by Gasteiger charge is 2.22. The van der Waals surface area contributed by atoms with E-state index in [-0.39, 0.29) is 12.5 Å². The molecule has 31 heavy (non-hydrogen) atoms. The number of nitrogens with zero attached hydrogens (tertiary/aromatic N) is 3. The lowest BCUT2D eigenvalue weighted by atomic mass is 10.2. The Morgan fingerprint density at radius 1 is 1.13 bits per heavy atom. The number of aromatic nitrogens is 1. The van der Waals surface area contributed by atoms with Gasteiger partial charge in [0.25, 0.3) is 5.91 Å². The second-order valence-corrected chi connectivity index (χ2v) is 8.47. The van der Waals surface area contributed by atoms with E-state index in [1.807, 2.05) is 31.2 Å². The van der Waals surface area contributed by atoms with Crippen LogP contribution in [0.3, 0.4) is 0 Å². The number of benzene rings is 2. The van der Waals surface area contributed by atoms with E-state index in [1.54, 1.807) is 24.1 Å². The van der Waals surface area contributed by atoms with E-state index in [1.165, 1.54) is 11.3 Å². The lowest BCUT2D eigenvalue weighted by Crippen LogP contribution is -2.41. The molecule has 0 saturated heterocycles. The van der Waals surface area contributed by atoms with Crippen molar-refractivity contribution >= 4 is 44.2 Å². The average Bonchev–Trinajstić information content (AvgIpc) is 3.22. The molecule has 0 aliphatic rings. The molecule has 0 atom stereocenters. The number of thiazole rings is 1. The molecule has 0 spiro atoms. The second kappa shape index (κ2) is 10.8. The topological polar surface area (TPSA) is 54.9 Å². The number of amides is 1. The standard InChI is InChI=1S/C23H28ClN3O3S/c1-5-26(6-2)12-13-27(21(28)15-30-18-9-7-8-17(14-18)29-4)23-25-22-16(3)19(24)10-11-20(22)31-23/h7-11,14H,5-6,12-13,15H2,1-4H3. The van der Waals surface area contributed by atoms with Crippen LogP contribution >= 0.6 is 22.9 Å². The highest BCUT2D eigenvalue weighted by molar-refractivity contribution is 7.22. The van der Waals surface area contributed by atoms with Crippen LogP contribution in [-0.4, -0.2) is 55.7 Å². The quantitative estimate of drug-likeness (QED) is 0.424. The van der Waals surface area contributed by atoms with Crippen LogP contribution in [0.15, 0.2) is 36.4 Å². The molecule has 0 N–H and O–H groups in total. The Hall–Kier alpha value is -2.35. The molecule has 0 unspecified atom stereocenters. The van der Waals surface area contributed by atoms with Gasteiger partial charge in [-0.05, 0) is 49.8 Å². The van der Waals surface area contributed by atoms with E-state index in [2.05, 4.69) is 18.7 Å². The van der Waals surface area contributed by atoms with Gasteiger partial charge in [0, 0.05) is 24.2 Å². The number of hydrogen-bond acceptors (Lipinski definition) is 6. The first-order chi connectivity index (χ1) is 15.0. The van der Waals surface area contributed by atoms with Crippen molar-refractivity contribution in [1.29, 1.82) is 0 Å². The fourth-order valence-corrected chi connectivity index (χ4v) is 4.45. The fraction of sp³-hybridized carbons (Fsp3) is 0.391. The van der Waals surface area contributed by atoms with E-state index in [0.717, 1.165) is 35.4 Å². The van der Waals surface area contributed by atoms with E-state index in [9.17, 15) is 4.79 Å². The summed E-state index contributed by atoms with van der Waals surface area (Å²) in [7, 11) is 1.60. The van der Waals surface area contributed by atoms with Crippen molar-refractivity contribution in [2.75, 3.05) is 44.8 Å². The predicted octanol–water partition coefficient (Wildman–Crippen LogP) is 5.02. The summed E-state index contributed by atoms with van der Waals surface area (Å²) in [5.41, 5.74) is 1.76. The molecule has 1 aromatic heterocycles. The number of methoxy groups -OCH3 is 1. The van der Waals surface area contributed by atoms with Gasteiger partial charge in [0.1, 0.15) is 11.5 Å². The molecule has 166 valence electrons. The Morgan fingerprint density at radius 3 is 2.58 bits per heavy atom. The fourth-order valence-electron chi connectivity index (χ4n) is 3.23. The van der Waals surface area contributed by atoms with Crippen LogP contribution in [0.4, 0.5) is 5.13 Å². The maximum Gasteiger partial charge on any atom is 0.266 e. The Labute approximate surface area is 192 Å². The maximum absolute atomic E-state index is 13.2. The van der Waals surface area contributed by atoms with Gasteiger partial charge >= 0.3 is 0 Å². The smallest absolute Gasteiger partial charge is 0.266 e. The summed E-state index contributed by atoms with van der Waals surface area (Å²) in [5.74, 6) is 1.13. The van der Waals surface area contributed by atoms with Crippen LogP contribution in [-0.2, 0) is 4.79 Å². The number of carbonyl (C=O) groups is 1. The van der Waals surface area contributed by atoms with Gasteiger partial charge < -0.3 is 14.4 Å². The molecule has 0 aliphatic heterocycles. The van der Waals surface area contributed by atoms with Crippen molar-refractivity contribution in [2.45, 2.75) is 20.8 Å². The van der Waals surface area contributed by atoms with Crippen molar-refractivity contribution in [1.82, 2.24) is 9.88 Å². The lowest BCUT2D eigenvalue weighted by molar-refractivity contribution is -0.120. The van der Waals surface area contributed by atoms with Crippen molar-refractivity contribution in [3.05, 3.63) is 47.0 Å². The van der Waals surface area contributed by atoms with Crippen molar-refractivity contribution in [3.8, 4) is 11.5 Å². The molecule has 0 fully saturated rings. The molecule has 6 nitrogen and oxygen atoms in total. The number of aryl methyl sites for hydroxylation is 1. The first-order valence-corrected chi connectivity index (χ1v) is 11.5. The Bertz CT molecular complexity index is 1040. The number of carbonyl (C=O) groups excluding carboxylic acids is 1. The van der Waals surface area contributed by atoms with Crippen molar-refractivity contribution in [2.24, 2.45) is 0 Å². The summed E-state index contributed by atoms with van der Waals surface area (Å²) in [6.07, 6.45) is 0. The van der Waals surface area contributed by atoms with E-state index in [4.69, 9.17) is 26.1 Å². The van der Waals surface area contributed by atoms with Crippen LogP contribution < -0.4 is 14.4 Å². The van der Waals surface area contributed by atoms with Crippen LogP contribution in [0.25, 0.3) is 10.2 Å². The number of likely N-dealkylation sites (N-methyl/N-ethyl adjacent to an activating group) is 1. The van der Waals surface area contributed by atoms with E-state index < -0.39 is 0 Å². The van der Waals surface area contributed by atoms with Gasteiger partial charge in [-0.2, -0.15) is 0 Å². The number of rotatable bonds is 10. The minimum Gasteiger partial charge on any atom is -0.497 e. The summed E-state index contributed by atoms with van der Waals surface area (Å²) < 4.78 is 12.0. The summed E-state index contributed by atoms with van der Waals surface area (Å²) >= 11 is 7.76. The zero-order chi connectivity index (χ0) is 22.4. The van der Waals surface area contributed by atoms with Gasteiger partial charge in [-0.25, -0.2) is 4.98 Å². The molecule has 3 aromatic rings. The van der Waals surface area contributed by atoms with Crippen molar-refractivity contribution in [3.63, 3.8) is 0 Å². The molecule has 2 aromatic carbocycles. The molecule has 1 heterocycles. The highest BCUT2D eigenvalue weighted by atomic mass is 35.5. The van der Waals surface area contributed by atoms with Gasteiger partial charge in [0.05, 0.1) is 17.3 Å². The van der Waals surface area contributed by atoms with Crippen LogP contribution in [0.5, 0.6) is 11.5 Å². The maximum atomic E-state index is 13.2. The van der Waals surface area contributed by atoms with Gasteiger partial charge in [-0.15, -0.1) is 0 Å². The zero-order valence-electron chi connectivity index (χ0n) is 18.4. The number of halogens is 1. The van der Waals surface area contributed by atoms with E-state index >= 15 is 0 Å². The monoisotopic (exact) mass is 461 g/mol. The minimum absolute atomic E-state index is 0.0823. The summed E-state index contributed by atoms with van der Waals surface area (Å²) in [6, 6.07) is 11.0. The number of fused-ring (bicyclic) bond motifs is 1. The molecular formula is C23H28ClN3O3S. The highest BCUT2D eigenvalue weighted by Crippen LogP contribution is 2.33. The van der Waals surface area contributed by atoms with Gasteiger partial charge in [-0.3, -0.25) is 9.69 Å². The largest absolute Gasteiger partial charge is 0.497 e. The van der Waals surface area contributed by atoms with Crippen LogP contribution in [0.1, 0.15) is 19.4 Å². The average molecular weight is 462 g/mol.